The van der Waals surface area contributed by atoms with Crippen LogP contribution in [0, 0.1) is 12.8 Å². The third kappa shape index (κ3) is 4.17. The molecule has 0 aliphatic rings. The topological polar surface area (TPSA) is 42.7 Å². The Morgan fingerprint density at radius 2 is 2.11 bits per heavy atom. The molecule has 0 unspecified atom stereocenters. The summed E-state index contributed by atoms with van der Waals surface area (Å²) in [5.41, 5.74) is 2.29. The highest BCUT2D eigenvalue weighted by Gasteiger charge is 2.01. The minimum atomic E-state index is 0.677. The molecular weight excluding hydrogens is 236 g/mol. The van der Waals surface area contributed by atoms with Crippen LogP contribution in [-0.2, 0) is 13.1 Å². The molecule has 2 rings (SSSR count). The molecule has 0 saturated heterocycles. The van der Waals surface area contributed by atoms with Gasteiger partial charge in [-0.25, -0.2) is 4.98 Å². The number of aryl methyl sites for hydroxylation is 1. The fourth-order valence-corrected chi connectivity index (χ4v) is 1.90. The molecule has 0 aromatic carbocycles. The van der Waals surface area contributed by atoms with Crippen LogP contribution in [0.3, 0.4) is 0 Å². The highest BCUT2D eigenvalue weighted by atomic mass is 15.1. The Hall–Kier alpha value is -1.68. The van der Waals surface area contributed by atoms with Crippen LogP contribution in [0.5, 0.6) is 0 Å². The van der Waals surface area contributed by atoms with Crippen LogP contribution in [0.25, 0.3) is 0 Å². The molecule has 4 nitrogen and oxygen atoms in total. The number of rotatable bonds is 6. The number of imidazole rings is 1. The van der Waals surface area contributed by atoms with Crippen molar-refractivity contribution in [1.82, 2.24) is 19.9 Å². The summed E-state index contributed by atoms with van der Waals surface area (Å²) in [6.45, 7) is 9.13. The molecule has 0 atom stereocenters. The highest BCUT2D eigenvalue weighted by molar-refractivity contribution is 5.14. The standard InChI is InChI=1S/C15H22N4/c1-12(2)8-16-9-14-4-5-15(18-10-14)11-19-7-6-17-13(19)3/h4-7,10,12,16H,8-9,11H2,1-3H3. The van der Waals surface area contributed by atoms with Crippen molar-refractivity contribution in [3.8, 4) is 0 Å². The second-order valence-corrected chi connectivity index (χ2v) is 5.28. The van der Waals surface area contributed by atoms with Gasteiger partial charge in [0.15, 0.2) is 0 Å². The molecule has 1 N–H and O–H groups in total. The second kappa shape index (κ2) is 6.48. The molecule has 0 aliphatic heterocycles. The van der Waals surface area contributed by atoms with E-state index in [1.807, 2.05) is 25.5 Å². The first-order valence-electron chi connectivity index (χ1n) is 6.77. The van der Waals surface area contributed by atoms with Crippen LogP contribution < -0.4 is 5.32 Å². The van der Waals surface area contributed by atoms with Gasteiger partial charge in [0.05, 0.1) is 12.2 Å². The van der Waals surface area contributed by atoms with E-state index in [1.165, 1.54) is 5.56 Å². The molecule has 2 aromatic heterocycles. The van der Waals surface area contributed by atoms with Gasteiger partial charge in [-0.2, -0.15) is 0 Å². The van der Waals surface area contributed by atoms with Crippen molar-refractivity contribution in [2.45, 2.75) is 33.9 Å². The maximum atomic E-state index is 4.50. The van der Waals surface area contributed by atoms with Crippen LogP contribution in [-0.4, -0.2) is 21.1 Å². The lowest BCUT2D eigenvalue weighted by atomic mass is 10.2. The third-order valence-corrected chi connectivity index (χ3v) is 3.02. The van der Waals surface area contributed by atoms with Crippen molar-refractivity contribution in [1.29, 1.82) is 0 Å². The minimum Gasteiger partial charge on any atom is -0.329 e. The summed E-state index contributed by atoms with van der Waals surface area (Å²) in [5.74, 6) is 1.70. The van der Waals surface area contributed by atoms with E-state index in [4.69, 9.17) is 0 Å². The Morgan fingerprint density at radius 1 is 1.26 bits per heavy atom. The molecule has 2 heterocycles. The zero-order valence-electron chi connectivity index (χ0n) is 11.9. The van der Waals surface area contributed by atoms with E-state index in [0.29, 0.717) is 5.92 Å². The average Bonchev–Trinajstić information content (AvgIpc) is 2.77. The summed E-state index contributed by atoms with van der Waals surface area (Å²) in [4.78, 5) is 8.72. The van der Waals surface area contributed by atoms with Gasteiger partial charge in [0.2, 0.25) is 0 Å². The van der Waals surface area contributed by atoms with Gasteiger partial charge >= 0.3 is 0 Å². The Labute approximate surface area is 114 Å². The lowest BCUT2D eigenvalue weighted by molar-refractivity contribution is 0.551. The van der Waals surface area contributed by atoms with Crippen molar-refractivity contribution in [2.24, 2.45) is 5.92 Å². The van der Waals surface area contributed by atoms with Gasteiger partial charge in [-0.3, -0.25) is 4.98 Å². The van der Waals surface area contributed by atoms with Gasteiger partial charge in [0.25, 0.3) is 0 Å². The van der Waals surface area contributed by atoms with Gasteiger partial charge in [-0.1, -0.05) is 19.9 Å². The Balaban J connectivity index is 1.89. The van der Waals surface area contributed by atoms with Crippen LogP contribution >= 0.6 is 0 Å². The van der Waals surface area contributed by atoms with Crippen LogP contribution in [0.4, 0.5) is 0 Å². The van der Waals surface area contributed by atoms with E-state index >= 15 is 0 Å². The average molecular weight is 258 g/mol. The zero-order valence-corrected chi connectivity index (χ0v) is 11.9. The molecule has 4 heteroatoms. The lowest BCUT2D eigenvalue weighted by Crippen LogP contribution is -2.19. The minimum absolute atomic E-state index is 0.677. The van der Waals surface area contributed by atoms with E-state index in [2.05, 4.69) is 45.8 Å². The molecule has 0 saturated carbocycles. The molecule has 19 heavy (non-hydrogen) atoms. The number of nitrogens with one attached hydrogen (secondary N) is 1. The van der Waals surface area contributed by atoms with Crippen molar-refractivity contribution in [3.05, 3.63) is 47.8 Å². The highest BCUT2D eigenvalue weighted by Crippen LogP contribution is 2.04. The zero-order chi connectivity index (χ0) is 13.7. The van der Waals surface area contributed by atoms with Crippen molar-refractivity contribution >= 4 is 0 Å². The number of pyridine rings is 1. The van der Waals surface area contributed by atoms with Crippen molar-refractivity contribution in [3.63, 3.8) is 0 Å². The van der Waals surface area contributed by atoms with E-state index in [1.54, 1.807) is 0 Å². The molecule has 102 valence electrons. The first-order chi connectivity index (χ1) is 9.15. The van der Waals surface area contributed by atoms with E-state index in [0.717, 1.165) is 31.2 Å². The summed E-state index contributed by atoms with van der Waals surface area (Å²) >= 11 is 0. The maximum absolute atomic E-state index is 4.50. The Kier molecular flexibility index (Phi) is 4.68. The van der Waals surface area contributed by atoms with Gasteiger partial charge in [-0.05, 0) is 31.0 Å². The van der Waals surface area contributed by atoms with E-state index < -0.39 is 0 Å². The summed E-state index contributed by atoms with van der Waals surface area (Å²) in [7, 11) is 0. The van der Waals surface area contributed by atoms with Gasteiger partial charge < -0.3 is 9.88 Å². The number of aromatic nitrogens is 3. The molecule has 0 fully saturated rings. The van der Waals surface area contributed by atoms with Crippen LogP contribution in [0.2, 0.25) is 0 Å². The molecule has 0 aliphatic carbocycles. The summed E-state index contributed by atoms with van der Waals surface area (Å²) < 4.78 is 2.10. The fourth-order valence-electron chi connectivity index (χ4n) is 1.90. The Bertz CT molecular complexity index is 499. The van der Waals surface area contributed by atoms with Gasteiger partial charge in [-0.15, -0.1) is 0 Å². The third-order valence-electron chi connectivity index (χ3n) is 3.02. The molecular formula is C15H22N4. The molecule has 2 aromatic rings. The quantitative estimate of drug-likeness (QED) is 0.865. The van der Waals surface area contributed by atoms with Gasteiger partial charge in [0, 0.05) is 25.1 Å². The van der Waals surface area contributed by atoms with Gasteiger partial charge in [0.1, 0.15) is 5.82 Å². The fraction of sp³-hybridized carbons (Fsp3) is 0.467. The number of hydrogen-bond acceptors (Lipinski definition) is 3. The van der Waals surface area contributed by atoms with Crippen molar-refractivity contribution < 1.29 is 0 Å². The first kappa shape index (κ1) is 13.7. The maximum Gasteiger partial charge on any atom is 0.105 e. The predicted molar refractivity (Wildman–Crippen MR) is 76.8 cm³/mol. The molecule has 0 bridgehead atoms. The molecule has 0 spiro atoms. The van der Waals surface area contributed by atoms with E-state index in [9.17, 15) is 0 Å². The predicted octanol–water partition coefficient (Wildman–Crippen LogP) is 2.38. The monoisotopic (exact) mass is 258 g/mol. The summed E-state index contributed by atoms with van der Waals surface area (Å²) in [5, 5.41) is 3.42. The lowest BCUT2D eigenvalue weighted by Gasteiger charge is -2.08. The van der Waals surface area contributed by atoms with Crippen LogP contribution in [0.15, 0.2) is 30.7 Å². The SMILES string of the molecule is Cc1nccn1Cc1ccc(CNCC(C)C)cn1. The first-order valence-corrected chi connectivity index (χ1v) is 6.77. The smallest absolute Gasteiger partial charge is 0.105 e. The number of hydrogen-bond donors (Lipinski definition) is 1. The van der Waals surface area contributed by atoms with Crippen molar-refractivity contribution in [2.75, 3.05) is 6.54 Å². The summed E-state index contributed by atoms with van der Waals surface area (Å²) in [6.07, 6.45) is 5.75. The molecule has 0 radical (unpaired) electrons. The van der Waals surface area contributed by atoms with Crippen LogP contribution in [0.1, 0.15) is 30.9 Å². The molecule has 0 amide bonds. The normalized spacial score (nSPS) is 11.2. The second-order valence-electron chi connectivity index (χ2n) is 5.28. The summed E-state index contributed by atoms with van der Waals surface area (Å²) in [6, 6.07) is 4.23. The number of nitrogens with zero attached hydrogens (tertiary/aromatic N) is 3. The largest absolute Gasteiger partial charge is 0.329 e. The Morgan fingerprint density at radius 3 is 2.68 bits per heavy atom. The van der Waals surface area contributed by atoms with E-state index in [-0.39, 0.29) is 0 Å².